The molecule has 0 saturated carbocycles. The molecule has 0 fully saturated rings. The first-order valence-corrected chi connectivity index (χ1v) is 5.65. The third-order valence-corrected chi connectivity index (χ3v) is 2.49. The van der Waals surface area contributed by atoms with Gasteiger partial charge in [-0.3, -0.25) is 9.59 Å². The average Bonchev–Trinajstić information content (AvgIpc) is 2.25. The van der Waals surface area contributed by atoms with Crippen molar-refractivity contribution in [1.82, 2.24) is 0 Å². The number of ketones is 2. The van der Waals surface area contributed by atoms with Crippen molar-refractivity contribution in [2.45, 2.75) is 33.3 Å². The van der Waals surface area contributed by atoms with E-state index in [1.54, 1.807) is 24.3 Å². The second-order valence-electron chi connectivity index (χ2n) is 4.99. The van der Waals surface area contributed by atoms with Gasteiger partial charge < -0.3 is 5.11 Å². The van der Waals surface area contributed by atoms with Crippen LogP contribution in [-0.2, 0) is 0 Å². The van der Waals surface area contributed by atoms with Crippen LogP contribution in [0.2, 0.25) is 0 Å². The fourth-order valence-electron chi connectivity index (χ4n) is 1.50. The Morgan fingerprint density at radius 3 is 2.18 bits per heavy atom. The van der Waals surface area contributed by atoms with Crippen LogP contribution in [-0.4, -0.2) is 22.3 Å². The van der Waals surface area contributed by atoms with Gasteiger partial charge in [-0.2, -0.15) is 0 Å². The number of carbonyl (C=O) groups excluding carboxylic acids is 2. The van der Waals surface area contributed by atoms with E-state index in [-0.39, 0.29) is 17.5 Å². The standard InChI is InChI=1S/C14H18O3/c1-9(2)12(15)10-6-5-7-11(8-10)13(16)14(3,4)17/h5-9,17H,1-4H3. The molecular weight excluding hydrogens is 216 g/mol. The Balaban J connectivity index is 3.10. The van der Waals surface area contributed by atoms with Crippen LogP contribution in [0, 0.1) is 5.92 Å². The lowest BCUT2D eigenvalue weighted by atomic mass is 9.93. The summed E-state index contributed by atoms with van der Waals surface area (Å²) in [5.74, 6) is -0.492. The molecule has 3 nitrogen and oxygen atoms in total. The zero-order valence-corrected chi connectivity index (χ0v) is 10.7. The molecule has 0 spiro atoms. The second-order valence-corrected chi connectivity index (χ2v) is 4.99. The average molecular weight is 234 g/mol. The van der Waals surface area contributed by atoms with Crippen LogP contribution in [0.15, 0.2) is 24.3 Å². The molecule has 1 rings (SSSR count). The Morgan fingerprint density at radius 2 is 1.71 bits per heavy atom. The summed E-state index contributed by atoms with van der Waals surface area (Å²) in [4.78, 5) is 23.6. The van der Waals surface area contributed by atoms with Crippen molar-refractivity contribution in [3.63, 3.8) is 0 Å². The molecule has 0 aromatic heterocycles. The molecule has 1 aromatic rings. The molecule has 1 aromatic carbocycles. The van der Waals surface area contributed by atoms with E-state index in [9.17, 15) is 14.7 Å². The zero-order chi connectivity index (χ0) is 13.2. The fourth-order valence-corrected chi connectivity index (χ4v) is 1.50. The van der Waals surface area contributed by atoms with Gasteiger partial charge in [0.15, 0.2) is 11.6 Å². The van der Waals surface area contributed by atoms with Crippen molar-refractivity contribution in [2.75, 3.05) is 0 Å². The Morgan fingerprint density at radius 1 is 1.18 bits per heavy atom. The van der Waals surface area contributed by atoms with Gasteiger partial charge >= 0.3 is 0 Å². The third kappa shape index (κ3) is 3.24. The molecule has 3 heteroatoms. The first kappa shape index (κ1) is 13.6. The van der Waals surface area contributed by atoms with Crippen LogP contribution in [0.3, 0.4) is 0 Å². The Bertz CT molecular complexity index is 439. The summed E-state index contributed by atoms with van der Waals surface area (Å²) in [7, 11) is 0. The first-order chi connectivity index (χ1) is 7.73. The highest BCUT2D eigenvalue weighted by Gasteiger charge is 2.25. The minimum atomic E-state index is -1.42. The highest BCUT2D eigenvalue weighted by Crippen LogP contribution is 2.16. The molecule has 0 saturated heterocycles. The van der Waals surface area contributed by atoms with E-state index in [1.807, 2.05) is 13.8 Å². The van der Waals surface area contributed by atoms with Crippen LogP contribution < -0.4 is 0 Å². The largest absolute Gasteiger partial charge is 0.382 e. The van der Waals surface area contributed by atoms with E-state index in [0.717, 1.165) is 0 Å². The summed E-state index contributed by atoms with van der Waals surface area (Å²) in [6.07, 6.45) is 0. The number of benzene rings is 1. The van der Waals surface area contributed by atoms with Gasteiger partial charge in [-0.15, -0.1) is 0 Å². The van der Waals surface area contributed by atoms with Gasteiger partial charge in [0.05, 0.1) is 0 Å². The number of aliphatic hydroxyl groups is 1. The monoisotopic (exact) mass is 234 g/mol. The maximum atomic E-state index is 11.8. The summed E-state index contributed by atoms with van der Waals surface area (Å²) in [6, 6.07) is 6.50. The van der Waals surface area contributed by atoms with Gasteiger partial charge in [0.25, 0.3) is 0 Å². The molecule has 0 aliphatic rings. The van der Waals surface area contributed by atoms with E-state index in [0.29, 0.717) is 11.1 Å². The molecule has 0 amide bonds. The molecule has 0 aliphatic heterocycles. The van der Waals surface area contributed by atoms with Gasteiger partial charge in [0, 0.05) is 17.0 Å². The lowest BCUT2D eigenvalue weighted by molar-refractivity contribution is 0.0488. The number of carbonyl (C=O) groups is 2. The molecule has 92 valence electrons. The smallest absolute Gasteiger partial charge is 0.193 e. The molecule has 0 heterocycles. The molecule has 0 unspecified atom stereocenters. The van der Waals surface area contributed by atoms with Crippen LogP contribution >= 0.6 is 0 Å². The zero-order valence-electron chi connectivity index (χ0n) is 10.7. The summed E-state index contributed by atoms with van der Waals surface area (Å²) in [5, 5.41) is 9.64. The quantitative estimate of drug-likeness (QED) is 0.814. The Labute approximate surface area is 101 Å². The number of hydrogen-bond donors (Lipinski definition) is 1. The molecule has 1 N–H and O–H groups in total. The van der Waals surface area contributed by atoms with E-state index in [2.05, 4.69) is 0 Å². The van der Waals surface area contributed by atoms with Gasteiger partial charge in [0.1, 0.15) is 5.60 Å². The summed E-state index contributed by atoms with van der Waals surface area (Å²) < 4.78 is 0. The van der Waals surface area contributed by atoms with Crippen LogP contribution in [0.1, 0.15) is 48.4 Å². The second kappa shape index (κ2) is 4.80. The lowest BCUT2D eigenvalue weighted by Gasteiger charge is -2.16. The van der Waals surface area contributed by atoms with Gasteiger partial charge in [-0.05, 0) is 19.9 Å². The van der Waals surface area contributed by atoms with Gasteiger partial charge in [-0.1, -0.05) is 32.0 Å². The first-order valence-electron chi connectivity index (χ1n) is 5.65. The fraction of sp³-hybridized carbons (Fsp3) is 0.429. The topological polar surface area (TPSA) is 54.4 Å². The maximum absolute atomic E-state index is 11.8. The molecule has 0 atom stereocenters. The predicted molar refractivity (Wildman–Crippen MR) is 66.2 cm³/mol. The number of hydrogen-bond acceptors (Lipinski definition) is 3. The summed E-state index contributed by atoms with van der Waals surface area (Å²) in [5.41, 5.74) is -0.543. The molecule has 0 bridgehead atoms. The minimum Gasteiger partial charge on any atom is -0.382 e. The molecule has 17 heavy (non-hydrogen) atoms. The van der Waals surface area contributed by atoms with Gasteiger partial charge in [0.2, 0.25) is 0 Å². The summed E-state index contributed by atoms with van der Waals surface area (Å²) in [6.45, 7) is 6.50. The van der Waals surface area contributed by atoms with E-state index < -0.39 is 5.60 Å². The third-order valence-electron chi connectivity index (χ3n) is 2.49. The van der Waals surface area contributed by atoms with Gasteiger partial charge in [-0.25, -0.2) is 0 Å². The van der Waals surface area contributed by atoms with Crippen molar-refractivity contribution in [1.29, 1.82) is 0 Å². The van der Waals surface area contributed by atoms with Crippen molar-refractivity contribution in [3.8, 4) is 0 Å². The van der Waals surface area contributed by atoms with E-state index >= 15 is 0 Å². The van der Waals surface area contributed by atoms with E-state index in [1.165, 1.54) is 13.8 Å². The molecular formula is C14H18O3. The highest BCUT2D eigenvalue weighted by molar-refractivity contribution is 6.04. The van der Waals surface area contributed by atoms with Crippen molar-refractivity contribution in [2.24, 2.45) is 5.92 Å². The number of rotatable bonds is 4. The number of Topliss-reactive ketones (excluding diaryl/α,β-unsaturated/α-hetero) is 2. The van der Waals surface area contributed by atoms with Crippen LogP contribution in [0.4, 0.5) is 0 Å². The summed E-state index contributed by atoms with van der Waals surface area (Å²) >= 11 is 0. The Hall–Kier alpha value is -1.48. The van der Waals surface area contributed by atoms with Crippen LogP contribution in [0.25, 0.3) is 0 Å². The van der Waals surface area contributed by atoms with Crippen LogP contribution in [0.5, 0.6) is 0 Å². The molecule has 0 aliphatic carbocycles. The van der Waals surface area contributed by atoms with Crippen molar-refractivity contribution < 1.29 is 14.7 Å². The highest BCUT2D eigenvalue weighted by atomic mass is 16.3. The predicted octanol–water partition coefficient (Wildman–Crippen LogP) is 2.48. The Kier molecular flexibility index (Phi) is 3.83. The SMILES string of the molecule is CC(C)C(=O)c1cccc(C(=O)C(C)(C)O)c1. The van der Waals surface area contributed by atoms with Crippen molar-refractivity contribution in [3.05, 3.63) is 35.4 Å². The minimum absolute atomic E-state index is 0.00426. The maximum Gasteiger partial charge on any atom is 0.193 e. The normalized spacial score (nSPS) is 11.6. The van der Waals surface area contributed by atoms with Crippen molar-refractivity contribution >= 4 is 11.6 Å². The van der Waals surface area contributed by atoms with E-state index in [4.69, 9.17) is 0 Å². The molecule has 0 radical (unpaired) electrons. The lowest BCUT2D eigenvalue weighted by Crippen LogP contribution is -2.31.